The molecular weight excluding hydrogens is 244 g/mol. The third kappa shape index (κ3) is 3.42. The number of aryl methyl sites for hydroxylation is 2. The highest BCUT2D eigenvalue weighted by Crippen LogP contribution is 2.28. The Morgan fingerprint density at radius 2 is 2.26 bits per heavy atom. The maximum atomic E-state index is 12.5. The fourth-order valence-electron chi connectivity index (χ4n) is 2.57. The molecular formula is C14H22N2O3. The summed E-state index contributed by atoms with van der Waals surface area (Å²) in [4.78, 5) is 12.5. The predicted octanol–water partition coefficient (Wildman–Crippen LogP) is 1.51. The molecule has 1 fully saturated rings. The molecule has 0 saturated carbocycles. The maximum absolute atomic E-state index is 12.5. The first-order valence-corrected chi connectivity index (χ1v) is 6.89. The van der Waals surface area contributed by atoms with Crippen LogP contribution in [0.4, 0.5) is 0 Å². The second kappa shape index (κ2) is 6.30. The lowest BCUT2D eigenvalue weighted by molar-refractivity contribution is -0.157. The summed E-state index contributed by atoms with van der Waals surface area (Å²) in [5.41, 5.74) is 0.476. The third-order valence-corrected chi connectivity index (χ3v) is 3.63. The fraction of sp³-hybridized carbons (Fsp3) is 0.714. The van der Waals surface area contributed by atoms with Crippen LogP contribution in [0, 0.1) is 0 Å². The Labute approximate surface area is 113 Å². The van der Waals surface area contributed by atoms with Crippen molar-refractivity contribution in [2.24, 2.45) is 7.05 Å². The zero-order chi connectivity index (χ0) is 13.7. The summed E-state index contributed by atoms with van der Waals surface area (Å²) in [6.45, 7) is 3.72. The molecule has 5 heteroatoms. The van der Waals surface area contributed by atoms with Crippen molar-refractivity contribution in [2.75, 3.05) is 19.8 Å². The van der Waals surface area contributed by atoms with Crippen molar-refractivity contribution >= 4 is 5.78 Å². The molecule has 0 radical (unpaired) electrons. The number of carbonyl (C=O) groups excluding carboxylic acids is 1. The van der Waals surface area contributed by atoms with Crippen molar-refractivity contribution < 1.29 is 14.3 Å². The molecule has 0 spiro atoms. The van der Waals surface area contributed by atoms with E-state index in [1.807, 2.05) is 26.4 Å². The van der Waals surface area contributed by atoms with Gasteiger partial charge in [0.1, 0.15) is 5.60 Å². The van der Waals surface area contributed by atoms with Crippen molar-refractivity contribution in [3.8, 4) is 0 Å². The van der Waals surface area contributed by atoms with E-state index >= 15 is 0 Å². The van der Waals surface area contributed by atoms with E-state index in [2.05, 4.69) is 5.10 Å². The smallest absolute Gasteiger partial charge is 0.165 e. The highest BCUT2D eigenvalue weighted by atomic mass is 16.5. The Morgan fingerprint density at radius 3 is 2.84 bits per heavy atom. The molecule has 0 amide bonds. The molecule has 0 N–H and O–H groups in total. The van der Waals surface area contributed by atoms with Crippen LogP contribution in [0.25, 0.3) is 0 Å². The summed E-state index contributed by atoms with van der Waals surface area (Å²) in [6, 6.07) is 0. The van der Waals surface area contributed by atoms with Crippen molar-refractivity contribution in [3.63, 3.8) is 0 Å². The molecule has 0 atom stereocenters. The Bertz CT molecular complexity index is 417. The van der Waals surface area contributed by atoms with Gasteiger partial charge in [-0.3, -0.25) is 9.48 Å². The van der Waals surface area contributed by atoms with Gasteiger partial charge in [-0.15, -0.1) is 0 Å². The third-order valence-electron chi connectivity index (χ3n) is 3.63. The molecule has 1 aromatic heterocycles. The first-order chi connectivity index (χ1) is 9.16. The minimum absolute atomic E-state index is 0.196. The lowest BCUT2D eigenvalue weighted by atomic mass is 9.86. The monoisotopic (exact) mass is 266 g/mol. The maximum Gasteiger partial charge on any atom is 0.165 e. The number of hydrogen-bond donors (Lipinski definition) is 0. The van der Waals surface area contributed by atoms with E-state index in [0.29, 0.717) is 39.1 Å². The van der Waals surface area contributed by atoms with Gasteiger partial charge in [-0.05, 0) is 18.9 Å². The number of aromatic nitrogens is 2. The van der Waals surface area contributed by atoms with Crippen LogP contribution in [0.1, 0.15) is 31.7 Å². The van der Waals surface area contributed by atoms with Gasteiger partial charge < -0.3 is 9.47 Å². The minimum Gasteiger partial charge on any atom is -0.381 e. The van der Waals surface area contributed by atoms with Crippen LogP contribution in [-0.4, -0.2) is 41.0 Å². The van der Waals surface area contributed by atoms with Gasteiger partial charge in [-0.2, -0.15) is 5.10 Å². The number of hydrogen-bond acceptors (Lipinski definition) is 4. The molecule has 2 rings (SSSR count). The van der Waals surface area contributed by atoms with Gasteiger partial charge in [0, 0.05) is 52.3 Å². The van der Waals surface area contributed by atoms with Crippen LogP contribution >= 0.6 is 0 Å². The first kappa shape index (κ1) is 14.2. The predicted molar refractivity (Wildman–Crippen MR) is 70.9 cm³/mol. The lowest BCUT2D eigenvalue weighted by Gasteiger charge is -2.35. The summed E-state index contributed by atoms with van der Waals surface area (Å²) < 4.78 is 12.9. The number of Topliss-reactive ketones (excluding diaryl/α,β-unsaturated/α-hetero) is 1. The van der Waals surface area contributed by atoms with Gasteiger partial charge in [0.25, 0.3) is 0 Å². The van der Waals surface area contributed by atoms with Crippen molar-refractivity contribution in [1.82, 2.24) is 9.78 Å². The van der Waals surface area contributed by atoms with Gasteiger partial charge in [0.2, 0.25) is 0 Å². The molecule has 2 heterocycles. The molecule has 1 aliphatic rings. The van der Waals surface area contributed by atoms with Crippen molar-refractivity contribution in [1.29, 1.82) is 0 Å². The molecule has 1 saturated heterocycles. The van der Waals surface area contributed by atoms with E-state index < -0.39 is 5.60 Å². The number of ketones is 1. The highest BCUT2D eigenvalue weighted by Gasteiger charge is 2.39. The number of nitrogens with zero attached hydrogens (tertiary/aromatic N) is 2. The van der Waals surface area contributed by atoms with Crippen molar-refractivity contribution in [2.45, 2.75) is 38.2 Å². The Morgan fingerprint density at radius 1 is 1.53 bits per heavy atom. The van der Waals surface area contributed by atoms with Crippen LogP contribution in [-0.2, 0) is 27.7 Å². The number of rotatable bonds is 6. The van der Waals surface area contributed by atoms with Crippen LogP contribution in [0.5, 0.6) is 0 Å². The average Bonchev–Trinajstić information content (AvgIpc) is 2.83. The van der Waals surface area contributed by atoms with Gasteiger partial charge in [0.05, 0.1) is 6.20 Å². The zero-order valence-corrected chi connectivity index (χ0v) is 11.7. The minimum atomic E-state index is -0.616. The standard InChI is InChI=1S/C14H22N2O3/c1-3-19-14(6-8-18-9-7-14)13(17)5-4-12-10-15-16(2)11-12/h10-11H,3-9H2,1-2H3. The van der Waals surface area contributed by atoms with E-state index in [9.17, 15) is 4.79 Å². The molecule has 0 aromatic carbocycles. The summed E-state index contributed by atoms with van der Waals surface area (Å²) in [5, 5.41) is 4.11. The van der Waals surface area contributed by atoms with Crippen LogP contribution in [0.15, 0.2) is 12.4 Å². The second-order valence-electron chi connectivity index (χ2n) is 4.99. The average molecular weight is 266 g/mol. The molecule has 0 aliphatic carbocycles. The Hall–Kier alpha value is -1.20. The van der Waals surface area contributed by atoms with Gasteiger partial charge in [0.15, 0.2) is 5.78 Å². The summed E-state index contributed by atoms with van der Waals surface area (Å²) in [5.74, 6) is 0.196. The largest absolute Gasteiger partial charge is 0.381 e. The van der Waals surface area contributed by atoms with Crippen LogP contribution in [0.3, 0.4) is 0 Å². The van der Waals surface area contributed by atoms with Gasteiger partial charge >= 0.3 is 0 Å². The molecule has 1 aromatic rings. The first-order valence-electron chi connectivity index (χ1n) is 6.89. The highest BCUT2D eigenvalue weighted by molar-refractivity contribution is 5.87. The zero-order valence-electron chi connectivity index (χ0n) is 11.7. The van der Waals surface area contributed by atoms with E-state index in [1.165, 1.54) is 0 Å². The summed E-state index contributed by atoms with van der Waals surface area (Å²) in [6.07, 6.45) is 6.34. The summed E-state index contributed by atoms with van der Waals surface area (Å²) >= 11 is 0. The molecule has 0 bridgehead atoms. The van der Waals surface area contributed by atoms with Crippen molar-refractivity contribution in [3.05, 3.63) is 18.0 Å². The van der Waals surface area contributed by atoms with E-state index in [0.717, 1.165) is 12.0 Å². The summed E-state index contributed by atoms with van der Waals surface area (Å²) in [7, 11) is 1.88. The molecule has 0 unspecified atom stereocenters. The second-order valence-corrected chi connectivity index (χ2v) is 4.99. The fourth-order valence-corrected chi connectivity index (χ4v) is 2.57. The topological polar surface area (TPSA) is 53.3 Å². The van der Waals surface area contributed by atoms with E-state index in [4.69, 9.17) is 9.47 Å². The Balaban J connectivity index is 1.95. The van der Waals surface area contributed by atoms with Gasteiger partial charge in [-0.1, -0.05) is 0 Å². The number of ether oxygens (including phenoxy) is 2. The molecule has 19 heavy (non-hydrogen) atoms. The lowest BCUT2D eigenvalue weighted by Crippen LogP contribution is -2.46. The molecule has 106 valence electrons. The SMILES string of the molecule is CCOC1(C(=O)CCc2cnn(C)c2)CCOCC1. The molecule has 5 nitrogen and oxygen atoms in total. The van der Waals surface area contributed by atoms with Crippen LogP contribution < -0.4 is 0 Å². The quantitative estimate of drug-likeness (QED) is 0.783. The van der Waals surface area contributed by atoms with Gasteiger partial charge in [-0.25, -0.2) is 0 Å². The Kier molecular flexibility index (Phi) is 4.71. The van der Waals surface area contributed by atoms with E-state index in [1.54, 1.807) is 4.68 Å². The normalized spacial score (nSPS) is 18.4. The van der Waals surface area contributed by atoms with E-state index in [-0.39, 0.29) is 5.78 Å². The molecule has 1 aliphatic heterocycles. The number of carbonyl (C=O) groups is 1. The van der Waals surface area contributed by atoms with Crippen LogP contribution in [0.2, 0.25) is 0 Å².